The molecule has 2 heterocycles. The van der Waals surface area contributed by atoms with Crippen LogP contribution in [-0.4, -0.2) is 32.5 Å². The van der Waals surface area contributed by atoms with Gasteiger partial charge in [-0.15, -0.1) is 0 Å². The number of nitrogens with one attached hydrogen (secondary N) is 1. The van der Waals surface area contributed by atoms with E-state index in [9.17, 15) is 4.79 Å². The molecule has 0 aliphatic carbocycles. The van der Waals surface area contributed by atoms with Crippen molar-refractivity contribution in [1.82, 2.24) is 19.9 Å². The number of hydrogen-bond donors (Lipinski definition) is 2. The van der Waals surface area contributed by atoms with Crippen molar-refractivity contribution in [1.29, 1.82) is 0 Å². The summed E-state index contributed by atoms with van der Waals surface area (Å²) < 4.78 is 1.76. The van der Waals surface area contributed by atoms with Gasteiger partial charge in [0.15, 0.2) is 0 Å². The zero-order chi connectivity index (χ0) is 16.2. The van der Waals surface area contributed by atoms with Gasteiger partial charge in [0.2, 0.25) is 0 Å². The normalized spacial score (nSPS) is 13.9. The molecule has 0 radical (unpaired) electrons. The number of nitrogens with zero attached hydrogens (tertiary/aromatic N) is 3. The largest absolute Gasteiger partial charge is 0.346 e. The molecule has 0 aliphatic rings. The molecule has 2 aromatic rings. The molecular formula is C16H23N5O. The smallest absolute Gasteiger partial charge is 0.251 e. The molecule has 0 aliphatic heterocycles. The zero-order valence-electron chi connectivity index (χ0n) is 13.3. The number of carbonyl (C=O) groups excluding carboxylic acids is 1. The first-order valence-electron chi connectivity index (χ1n) is 7.40. The lowest BCUT2D eigenvalue weighted by molar-refractivity contribution is 0.0898. The Morgan fingerprint density at radius 3 is 2.82 bits per heavy atom. The highest BCUT2D eigenvalue weighted by molar-refractivity contribution is 5.95. The van der Waals surface area contributed by atoms with Crippen LogP contribution in [0.15, 0.2) is 37.1 Å². The van der Waals surface area contributed by atoms with Gasteiger partial charge in [0.1, 0.15) is 12.1 Å². The minimum Gasteiger partial charge on any atom is -0.346 e. The number of amides is 1. The van der Waals surface area contributed by atoms with E-state index in [1.54, 1.807) is 41.6 Å². The summed E-state index contributed by atoms with van der Waals surface area (Å²) in [5.74, 6) is 0.966. The van der Waals surface area contributed by atoms with Crippen LogP contribution in [0.1, 0.15) is 37.6 Å². The summed E-state index contributed by atoms with van der Waals surface area (Å²) in [7, 11) is 0. The van der Waals surface area contributed by atoms with Gasteiger partial charge in [0.05, 0.1) is 0 Å². The summed E-state index contributed by atoms with van der Waals surface area (Å²) >= 11 is 0. The van der Waals surface area contributed by atoms with Gasteiger partial charge in [-0.1, -0.05) is 13.8 Å². The van der Waals surface area contributed by atoms with Crippen LogP contribution in [0.25, 0.3) is 5.82 Å². The van der Waals surface area contributed by atoms with Crippen molar-refractivity contribution in [3.05, 3.63) is 42.6 Å². The Morgan fingerprint density at radius 2 is 2.23 bits per heavy atom. The first kappa shape index (κ1) is 16.2. The minimum absolute atomic E-state index is 0.141. The first-order valence-corrected chi connectivity index (χ1v) is 7.40. The van der Waals surface area contributed by atoms with Crippen LogP contribution in [-0.2, 0) is 0 Å². The summed E-state index contributed by atoms with van der Waals surface area (Å²) in [6, 6.07) is 3.44. The molecule has 3 N–H and O–H groups in total. The molecule has 6 heteroatoms. The molecule has 0 saturated heterocycles. The highest BCUT2D eigenvalue weighted by Gasteiger charge is 2.26. The Bertz CT molecular complexity index is 623. The topological polar surface area (TPSA) is 85.8 Å². The third-order valence-corrected chi connectivity index (χ3v) is 3.50. The summed E-state index contributed by atoms with van der Waals surface area (Å²) in [5, 5.41) is 3.05. The Hall–Kier alpha value is -2.21. The molecular weight excluding hydrogens is 278 g/mol. The molecule has 0 aromatic carbocycles. The van der Waals surface area contributed by atoms with Crippen LogP contribution in [0.5, 0.6) is 0 Å². The Labute approximate surface area is 130 Å². The van der Waals surface area contributed by atoms with E-state index in [0.29, 0.717) is 23.8 Å². The maximum atomic E-state index is 12.5. The monoisotopic (exact) mass is 301 g/mol. The average Bonchev–Trinajstić information content (AvgIpc) is 3.00. The SMILES string of the molecule is CC(C)CC(C)(CN)NC(=O)c1ccnc(-n2ccnc2)c1. The molecule has 118 valence electrons. The van der Waals surface area contributed by atoms with Crippen molar-refractivity contribution < 1.29 is 4.79 Å². The molecule has 2 rings (SSSR count). The Balaban J connectivity index is 2.17. The average molecular weight is 301 g/mol. The summed E-state index contributed by atoms with van der Waals surface area (Å²) in [6.45, 7) is 6.60. The Kier molecular flexibility index (Phi) is 4.92. The summed E-state index contributed by atoms with van der Waals surface area (Å²) in [6.07, 6.45) is 7.54. The van der Waals surface area contributed by atoms with Crippen LogP contribution in [0.4, 0.5) is 0 Å². The van der Waals surface area contributed by atoms with Crippen LogP contribution in [0.2, 0.25) is 0 Å². The lowest BCUT2D eigenvalue weighted by atomic mass is 9.90. The molecule has 6 nitrogen and oxygen atoms in total. The van der Waals surface area contributed by atoms with Gasteiger partial charge >= 0.3 is 0 Å². The van der Waals surface area contributed by atoms with E-state index in [-0.39, 0.29) is 5.91 Å². The highest BCUT2D eigenvalue weighted by atomic mass is 16.1. The van der Waals surface area contributed by atoms with E-state index in [1.807, 2.05) is 6.92 Å². The van der Waals surface area contributed by atoms with Gasteiger partial charge in [-0.3, -0.25) is 9.36 Å². The van der Waals surface area contributed by atoms with Crippen molar-refractivity contribution >= 4 is 5.91 Å². The van der Waals surface area contributed by atoms with Gasteiger partial charge in [0, 0.05) is 36.2 Å². The second-order valence-electron chi connectivity index (χ2n) is 6.19. The van der Waals surface area contributed by atoms with Crippen LogP contribution >= 0.6 is 0 Å². The predicted octanol–water partition coefficient (Wildman–Crippen LogP) is 1.76. The fourth-order valence-electron chi connectivity index (χ4n) is 2.53. The fraction of sp³-hybridized carbons (Fsp3) is 0.438. The van der Waals surface area contributed by atoms with Gasteiger partial charge in [0.25, 0.3) is 5.91 Å². The number of nitrogens with two attached hydrogens (primary N) is 1. The fourth-order valence-corrected chi connectivity index (χ4v) is 2.53. The van der Waals surface area contributed by atoms with Gasteiger partial charge in [-0.2, -0.15) is 0 Å². The van der Waals surface area contributed by atoms with Crippen molar-refractivity contribution in [3.8, 4) is 5.82 Å². The maximum Gasteiger partial charge on any atom is 0.251 e. The van der Waals surface area contributed by atoms with Crippen LogP contribution < -0.4 is 11.1 Å². The molecule has 1 atom stereocenters. The number of imidazole rings is 1. The molecule has 1 amide bonds. The van der Waals surface area contributed by atoms with Gasteiger partial charge in [-0.25, -0.2) is 9.97 Å². The Morgan fingerprint density at radius 1 is 1.45 bits per heavy atom. The molecule has 22 heavy (non-hydrogen) atoms. The van der Waals surface area contributed by atoms with Crippen molar-refractivity contribution in [2.75, 3.05) is 6.54 Å². The maximum absolute atomic E-state index is 12.5. The summed E-state index contributed by atoms with van der Waals surface area (Å²) in [5.41, 5.74) is 5.99. The van der Waals surface area contributed by atoms with Crippen LogP contribution in [0, 0.1) is 5.92 Å². The molecule has 0 bridgehead atoms. The molecule has 1 unspecified atom stereocenters. The van der Waals surface area contributed by atoms with Gasteiger partial charge < -0.3 is 11.1 Å². The molecule has 2 aromatic heterocycles. The standard InChI is InChI=1S/C16H23N5O/c1-12(2)9-16(3,10-17)20-15(22)13-4-5-19-14(8-13)21-7-6-18-11-21/h4-8,11-12H,9-10,17H2,1-3H3,(H,20,22). The lowest BCUT2D eigenvalue weighted by Gasteiger charge is -2.31. The van der Waals surface area contributed by atoms with Crippen molar-refractivity contribution in [2.45, 2.75) is 32.7 Å². The first-order chi connectivity index (χ1) is 10.4. The number of rotatable bonds is 6. The number of aromatic nitrogens is 3. The molecule has 0 fully saturated rings. The summed E-state index contributed by atoms with van der Waals surface area (Å²) in [4.78, 5) is 20.7. The highest BCUT2D eigenvalue weighted by Crippen LogP contribution is 2.16. The van der Waals surface area contributed by atoms with E-state index in [2.05, 4.69) is 29.1 Å². The zero-order valence-corrected chi connectivity index (χ0v) is 13.3. The predicted molar refractivity (Wildman–Crippen MR) is 85.7 cm³/mol. The second-order valence-corrected chi connectivity index (χ2v) is 6.19. The van der Waals surface area contributed by atoms with Crippen molar-refractivity contribution in [3.63, 3.8) is 0 Å². The number of carbonyl (C=O) groups is 1. The minimum atomic E-state index is -0.413. The number of hydrogen-bond acceptors (Lipinski definition) is 4. The second kappa shape index (κ2) is 6.70. The van der Waals surface area contributed by atoms with Crippen molar-refractivity contribution in [2.24, 2.45) is 11.7 Å². The lowest BCUT2D eigenvalue weighted by Crippen LogP contribution is -2.52. The quantitative estimate of drug-likeness (QED) is 0.851. The molecule has 0 spiro atoms. The third kappa shape index (κ3) is 3.92. The number of pyridine rings is 1. The van der Waals surface area contributed by atoms with E-state index in [4.69, 9.17) is 5.73 Å². The molecule has 0 saturated carbocycles. The third-order valence-electron chi connectivity index (χ3n) is 3.50. The van der Waals surface area contributed by atoms with E-state index in [1.165, 1.54) is 0 Å². The van der Waals surface area contributed by atoms with Gasteiger partial charge in [-0.05, 0) is 31.4 Å². The van der Waals surface area contributed by atoms with Crippen LogP contribution in [0.3, 0.4) is 0 Å². The van der Waals surface area contributed by atoms with E-state index >= 15 is 0 Å². The van der Waals surface area contributed by atoms with E-state index < -0.39 is 5.54 Å². The van der Waals surface area contributed by atoms with E-state index in [0.717, 1.165) is 6.42 Å².